The number of hydrogen-bond donors (Lipinski definition) is 2. The van der Waals surface area contributed by atoms with Crippen molar-refractivity contribution in [3.05, 3.63) is 17.7 Å². The monoisotopic (exact) mass is 267 g/mol. The Balaban J connectivity index is 3.15. The van der Waals surface area contributed by atoms with Gasteiger partial charge < -0.3 is 19.5 Å². The molecule has 0 spiro atoms. The highest BCUT2D eigenvalue weighted by atomic mass is 16.5. The van der Waals surface area contributed by atoms with Crippen LogP contribution in [0.15, 0.2) is 12.1 Å². The van der Waals surface area contributed by atoms with Crippen molar-refractivity contribution in [2.24, 2.45) is 0 Å². The minimum absolute atomic E-state index is 0.258. The standard InChI is InChI=1S/C13H22BNO4/c1-5-15(6-2)9-10-7-11(18-3)13(14(16)17)12(8-10)19-4/h7-8,16-17H,5-6,9H2,1-4H3. The van der Waals surface area contributed by atoms with Crippen molar-refractivity contribution >= 4 is 12.6 Å². The predicted octanol–water partition coefficient (Wildman–Crippen LogP) is 0.225. The molecule has 6 heteroatoms. The van der Waals surface area contributed by atoms with Crippen molar-refractivity contribution in [2.75, 3.05) is 27.3 Å². The SMILES string of the molecule is CCN(CC)Cc1cc(OC)c(B(O)O)c(OC)c1. The van der Waals surface area contributed by atoms with E-state index in [4.69, 9.17) is 9.47 Å². The van der Waals surface area contributed by atoms with Crippen LogP contribution in [0, 0.1) is 0 Å². The molecule has 1 aromatic carbocycles. The van der Waals surface area contributed by atoms with Crippen LogP contribution in [0.4, 0.5) is 0 Å². The first-order valence-corrected chi connectivity index (χ1v) is 6.40. The quantitative estimate of drug-likeness (QED) is 0.692. The molecule has 1 rings (SSSR count). The minimum atomic E-state index is -1.62. The van der Waals surface area contributed by atoms with Crippen LogP contribution in [0.3, 0.4) is 0 Å². The molecule has 1 aromatic rings. The highest BCUT2D eigenvalue weighted by Crippen LogP contribution is 2.21. The summed E-state index contributed by atoms with van der Waals surface area (Å²) in [6.07, 6.45) is 0. The third-order valence-electron chi connectivity index (χ3n) is 3.16. The summed E-state index contributed by atoms with van der Waals surface area (Å²) in [6.45, 7) is 6.87. The van der Waals surface area contributed by atoms with Crippen LogP contribution in [-0.4, -0.2) is 49.4 Å². The van der Waals surface area contributed by atoms with Crippen LogP contribution in [0.25, 0.3) is 0 Å². The van der Waals surface area contributed by atoms with E-state index in [1.807, 2.05) is 12.1 Å². The Morgan fingerprint density at radius 3 is 1.84 bits per heavy atom. The second-order valence-electron chi connectivity index (χ2n) is 4.25. The van der Waals surface area contributed by atoms with Gasteiger partial charge in [0.2, 0.25) is 0 Å². The molecule has 0 aliphatic rings. The lowest BCUT2D eigenvalue weighted by molar-refractivity contribution is 0.294. The summed E-state index contributed by atoms with van der Waals surface area (Å²) in [5.74, 6) is 0.855. The Morgan fingerprint density at radius 1 is 1.05 bits per heavy atom. The summed E-state index contributed by atoms with van der Waals surface area (Å²) in [6, 6.07) is 3.63. The summed E-state index contributed by atoms with van der Waals surface area (Å²) < 4.78 is 10.4. The average molecular weight is 267 g/mol. The highest BCUT2D eigenvalue weighted by molar-refractivity contribution is 6.61. The Labute approximate surface area is 114 Å². The van der Waals surface area contributed by atoms with E-state index in [9.17, 15) is 10.0 Å². The highest BCUT2D eigenvalue weighted by Gasteiger charge is 2.23. The first kappa shape index (κ1) is 15.8. The van der Waals surface area contributed by atoms with Gasteiger partial charge in [0.25, 0.3) is 0 Å². The molecule has 0 saturated carbocycles. The van der Waals surface area contributed by atoms with Gasteiger partial charge in [-0.2, -0.15) is 0 Å². The van der Waals surface area contributed by atoms with Gasteiger partial charge in [-0.15, -0.1) is 0 Å². The summed E-state index contributed by atoms with van der Waals surface area (Å²) >= 11 is 0. The summed E-state index contributed by atoms with van der Waals surface area (Å²) in [7, 11) is 1.39. The molecule has 5 nitrogen and oxygen atoms in total. The van der Waals surface area contributed by atoms with Crippen LogP contribution < -0.4 is 14.9 Å². The predicted molar refractivity (Wildman–Crippen MR) is 76.0 cm³/mol. The van der Waals surface area contributed by atoms with Crippen LogP contribution in [0.1, 0.15) is 19.4 Å². The van der Waals surface area contributed by atoms with E-state index in [1.165, 1.54) is 14.2 Å². The van der Waals surface area contributed by atoms with Crippen molar-refractivity contribution in [3.8, 4) is 11.5 Å². The molecule has 0 aliphatic carbocycles. The topological polar surface area (TPSA) is 62.2 Å². The van der Waals surface area contributed by atoms with E-state index in [0.29, 0.717) is 11.5 Å². The zero-order valence-electron chi connectivity index (χ0n) is 12.0. The van der Waals surface area contributed by atoms with Gasteiger partial charge in [-0.05, 0) is 30.8 Å². The van der Waals surface area contributed by atoms with Gasteiger partial charge in [0.05, 0.1) is 19.7 Å². The summed E-state index contributed by atoms with van der Waals surface area (Å²) in [5, 5.41) is 18.8. The third-order valence-corrected chi connectivity index (χ3v) is 3.16. The maximum Gasteiger partial charge on any atom is 0.496 e. The fourth-order valence-corrected chi connectivity index (χ4v) is 2.04. The van der Waals surface area contributed by atoms with Crippen LogP contribution in [0.5, 0.6) is 11.5 Å². The average Bonchev–Trinajstić information content (AvgIpc) is 2.43. The van der Waals surface area contributed by atoms with Crippen molar-refractivity contribution in [1.82, 2.24) is 4.90 Å². The largest absolute Gasteiger partial charge is 0.497 e. The second-order valence-corrected chi connectivity index (χ2v) is 4.25. The lowest BCUT2D eigenvalue weighted by Crippen LogP contribution is -2.33. The van der Waals surface area contributed by atoms with Gasteiger partial charge in [0.1, 0.15) is 11.5 Å². The molecule has 19 heavy (non-hydrogen) atoms. The van der Waals surface area contributed by atoms with Gasteiger partial charge in [-0.25, -0.2) is 0 Å². The minimum Gasteiger partial charge on any atom is -0.497 e. The third kappa shape index (κ3) is 3.86. The van der Waals surface area contributed by atoms with Crippen molar-refractivity contribution < 1.29 is 19.5 Å². The fourth-order valence-electron chi connectivity index (χ4n) is 2.04. The van der Waals surface area contributed by atoms with Crippen LogP contribution >= 0.6 is 0 Å². The van der Waals surface area contributed by atoms with Crippen LogP contribution in [0.2, 0.25) is 0 Å². The van der Waals surface area contributed by atoms with E-state index in [1.54, 1.807) is 0 Å². The number of methoxy groups -OCH3 is 2. The normalized spacial score (nSPS) is 10.7. The summed E-state index contributed by atoms with van der Waals surface area (Å²) in [5.41, 5.74) is 1.27. The first-order chi connectivity index (χ1) is 9.07. The number of rotatable bonds is 7. The first-order valence-electron chi connectivity index (χ1n) is 6.40. The molecule has 0 atom stereocenters. The molecule has 0 unspecified atom stereocenters. The van der Waals surface area contributed by atoms with Gasteiger partial charge in [0.15, 0.2) is 0 Å². The van der Waals surface area contributed by atoms with Gasteiger partial charge in [-0.1, -0.05) is 13.8 Å². The lowest BCUT2D eigenvalue weighted by Gasteiger charge is -2.20. The molecule has 2 N–H and O–H groups in total. The van der Waals surface area contributed by atoms with E-state index in [-0.39, 0.29) is 5.46 Å². The van der Waals surface area contributed by atoms with E-state index in [0.717, 1.165) is 25.2 Å². The van der Waals surface area contributed by atoms with Crippen molar-refractivity contribution in [3.63, 3.8) is 0 Å². The smallest absolute Gasteiger partial charge is 0.496 e. The van der Waals surface area contributed by atoms with Gasteiger partial charge in [0, 0.05) is 6.54 Å². The fraction of sp³-hybridized carbons (Fsp3) is 0.538. The van der Waals surface area contributed by atoms with E-state index in [2.05, 4.69) is 18.7 Å². The Morgan fingerprint density at radius 2 is 1.53 bits per heavy atom. The number of benzene rings is 1. The second kappa shape index (κ2) is 7.38. The molecular formula is C13H22BNO4. The maximum atomic E-state index is 9.40. The zero-order valence-corrected chi connectivity index (χ0v) is 12.0. The maximum absolute atomic E-state index is 9.40. The van der Waals surface area contributed by atoms with E-state index < -0.39 is 7.12 Å². The number of ether oxygens (including phenoxy) is 2. The molecule has 0 amide bonds. The molecule has 0 aromatic heterocycles. The Hall–Kier alpha value is -1.24. The lowest BCUT2D eigenvalue weighted by atomic mass is 9.78. The van der Waals surface area contributed by atoms with E-state index >= 15 is 0 Å². The Kier molecular flexibility index (Phi) is 6.14. The molecule has 0 saturated heterocycles. The molecule has 0 bridgehead atoms. The number of hydrogen-bond acceptors (Lipinski definition) is 5. The van der Waals surface area contributed by atoms with Crippen molar-refractivity contribution in [1.29, 1.82) is 0 Å². The van der Waals surface area contributed by atoms with Crippen LogP contribution in [-0.2, 0) is 6.54 Å². The molecule has 0 fully saturated rings. The summed E-state index contributed by atoms with van der Waals surface area (Å²) in [4.78, 5) is 2.25. The Bertz CT molecular complexity index is 383. The number of nitrogens with zero attached hydrogens (tertiary/aromatic N) is 1. The van der Waals surface area contributed by atoms with Crippen molar-refractivity contribution in [2.45, 2.75) is 20.4 Å². The van der Waals surface area contributed by atoms with Gasteiger partial charge in [-0.3, -0.25) is 4.90 Å². The molecule has 0 radical (unpaired) electrons. The molecular weight excluding hydrogens is 245 g/mol. The molecule has 0 heterocycles. The molecule has 106 valence electrons. The zero-order chi connectivity index (χ0) is 14.4. The van der Waals surface area contributed by atoms with Gasteiger partial charge >= 0.3 is 7.12 Å². The molecule has 0 aliphatic heterocycles.